The molecule has 0 unspecified atom stereocenters. The lowest BCUT2D eigenvalue weighted by molar-refractivity contribution is -0.139. The monoisotopic (exact) mass is 494 g/mol. The van der Waals surface area contributed by atoms with Crippen molar-refractivity contribution in [1.29, 1.82) is 0 Å². The van der Waals surface area contributed by atoms with Gasteiger partial charge in [-0.25, -0.2) is 0 Å². The second-order valence-corrected chi connectivity index (χ2v) is 9.75. The fourth-order valence-corrected chi connectivity index (χ4v) is 4.75. The molecule has 0 aliphatic carbocycles. The number of hydrogen-bond acceptors (Lipinski definition) is 3. The summed E-state index contributed by atoms with van der Waals surface area (Å²) >= 11 is 14.0. The highest BCUT2D eigenvalue weighted by atomic mass is 35.5. The Morgan fingerprint density at radius 3 is 2.41 bits per heavy atom. The van der Waals surface area contributed by atoms with Gasteiger partial charge in [0.2, 0.25) is 11.8 Å². The molecule has 0 aliphatic rings. The van der Waals surface area contributed by atoms with Crippen LogP contribution in [0.1, 0.15) is 50.3 Å². The first kappa shape index (κ1) is 26.6. The molecule has 0 heterocycles. The average Bonchev–Trinajstić information content (AvgIpc) is 2.76. The van der Waals surface area contributed by atoms with Crippen molar-refractivity contribution in [1.82, 2.24) is 10.2 Å². The summed E-state index contributed by atoms with van der Waals surface area (Å²) < 4.78 is 0. The van der Waals surface area contributed by atoms with Crippen LogP contribution in [0.15, 0.2) is 42.5 Å². The van der Waals surface area contributed by atoms with Crippen LogP contribution < -0.4 is 5.32 Å². The molecule has 7 heteroatoms. The summed E-state index contributed by atoms with van der Waals surface area (Å²) in [5.41, 5.74) is 3.18. The molecule has 2 aromatic carbocycles. The number of halogens is 2. The second kappa shape index (κ2) is 13.1. The first-order chi connectivity index (χ1) is 15.3. The molecule has 4 nitrogen and oxygen atoms in total. The van der Waals surface area contributed by atoms with Crippen molar-refractivity contribution >= 4 is 46.8 Å². The third kappa shape index (κ3) is 7.72. The van der Waals surface area contributed by atoms with E-state index in [-0.39, 0.29) is 30.2 Å². The molecule has 0 saturated carbocycles. The Labute approximate surface area is 206 Å². The Bertz CT molecular complexity index is 923. The highest BCUT2D eigenvalue weighted by molar-refractivity contribution is 7.99. The van der Waals surface area contributed by atoms with Crippen molar-refractivity contribution in [2.24, 2.45) is 0 Å². The maximum absolute atomic E-state index is 13.3. The fourth-order valence-electron chi connectivity index (χ4n) is 3.30. The summed E-state index contributed by atoms with van der Waals surface area (Å²) in [6, 6.07) is 12.9. The number of thioether (sulfide) groups is 1. The van der Waals surface area contributed by atoms with Gasteiger partial charge < -0.3 is 10.2 Å². The van der Waals surface area contributed by atoms with Crippen LogP contribution in [0.5, 0.6) is 0 Å². The molecule has 0 radical (unpaired) electrons. The van der Waals surface area contributed by atoms with Gasteiger partial charge in [0, 0.05) is 28.4 Å². The summed E-state index contributed by atoms with van der Waals surface area (Å²) in [5.74, 6) is 0.807. The molecule has 2 atom stereocenters. The van der Waals surface area contributed by atoms with Crippen LogP contribution in [0, 0.1) is 6.92 Å². The Kier molecular flexibility index (Phi) is 10.9. The van der Waals surface area contributed by atoms with Gasteiger partial charge in [-0.1, -0.05) is 67.4 Å². The van der Waals surface area contributed by atoms with E-state index >= 15 is 0 Å². The molecule has 0 fully saturated rings. The van der Waals surface area contributed by atoms with Gasteiger partial charge in [0.15, 0.2) is 0 Å². The first-order valence-electron chi connectivity index (χ1n) is 10.9. The summed E-state index contributed by atoms with van der Waals surface area (Å²) in [6.07, 6.45) is 1.34. The number of carbonyl (C=O) groups is 2. The summed E-state index contributed by atoms with van der Waals surface area (Å²) in [4.78, 5) is 28.0. The minimum Gasteiger partial charge on any atom is -0.352 e. The molecule has 2 rings (SSSR count). The number of nitrogens with one attached hydrogen (secondary N) is 1. The molecule has 2 aromatic rings. The zero-order chi connectivity index (χ0) is 23.7. The van der Waals surface area contributed by atoms with Gasteiger partial charge in [0.05, 0.1) is 5.75 Å². The Balaban J connectivity index is 2.20. The normalized spacial score (nSPS) is 12.8. The van der Waals surface area contributed by atoms with Crippen LogP contribution in [0.4, 0.5) is 0 Å². The third-order valence-electron chi connectivity index (χ3n) is 5.49. The molecular formula is C25H32Cl2N2O2S. The van der Waals surface area contributed by atoms with Gasteiger partial charge in [-0.05, 0) is 55.5 Å². The van der Waals surface area contributed by atoms with E-state index < -0.39 is 6.04 Å². The predicted octanol–water partition coefficient (Wildman–Crippen LogP) is 6.26. The zero-order valence-electron chi connectivity index (χ0n) is 19.2. The molecule has 0 aliphatic heterocycles. The lowest BCUT2D eigenvalue weighted by Crippen LogP contribution is -2.51. The second-order valence-electron chi connectivity index (χ2n) is 7.92. The van der Waals surface area contributed by atoms with Gasteiger partial charge >= 0.3 is 0 Å². The first-order valence-corrected chi connectivity index (χ1v) is 12.8. The van der Waals surface area contributed by atoms with E-state index in [0.29, 0.717) is 16.5 Å². The lowest BCUT2D eigenvalue weighted by atomic mass is 10.1. The molecule has 32 heavy (non-hydrogen) atoms. The van der Waals surface area contributed by atoms with Gasteiger partial charge in [-0.2, -0.15) is 0 Å². The van der Waals surface area contributed by atoms with Crippen LogP contribution >= 0.6 is 35.0 Å². The molecule has 0 spiro atoms. The van der Waals surface area contributed by atoms with E-state index in [1.54, 1.807) is 28.8 Å². The number of rotatable bonds is 11. The van der Waals surface area contributed by atoms with E-state index in [0.717, 1.165) is 17.7 Å². The quantitative estimate of drug-likeness (QED) is 0.401. The summed E-state index contributed by atoms with van der Waals surface area (Å²) in [6.45, 7) is 8.23. The third-order valence-corrected chi connectivity index (χ3v) is 7.04. The highest BCUT2D eigenvalue weighted by Gasteiger charge is 2.29. The maximum atomic E-state index is 13.3. The summed E-state index contributed by atoms with van der Waals surface area (Å²) in [5, 5.41) is 4.04. The minimum absolute atomic E-state index is 0.0445. The van der Waals surface area contributed by atoms with Crippen molar-refractivity contribution in [2.45, 2.75) is 64.9 Å². The molecular weight excluding hydrogens is 463 g/mol. The van der Waals surface area contributed by atoms with Gasteiger partial charge in [0.25, 0.3) is 0 Å². The van der Waals surface area contributed by atoms with Crippen LogP contribution in [0.3, 0.4) is 0 Å². The fraction of sp³-hybridized carbons (Fsp3) is 0.440. The van der Waals surface area contributed by atoms with Gasteiger partial charge in [0.1, 0.15) is 6.04 Å². The van der Waals surface area contributed by atoms with Crippen molar-refractivity contribution in [2.75, 3.05) is 5.75 Å². The number of benzene rings is 2. The molecule has 0 aromatic heterocycles. The topological polar surface area (TPSA) is 49.4 Å². The van der Waals surface area contributed by atoms with Crippen molar-refractivity contribution in [3.8, 4) is 0 Å². The van der Waals surface area contributed by atoms with E-state index in [4.69, 9.17) is 23.2 Å². The largest absolute Gasteiger partial charge is 0.352 e. The lowest BCUT2D eigenvalue weighted by Gasteiger charge is -2.31. The van der Waals surface area contributed by atoms with Crippen molar-refractivity contribution in [3.05, 3.63) is 69.2 Å². The Morgan fingerprint density at radius 1 is 1.06 bits per heavy atom. The molecule has 174 valence electrons. The summed E-state index contributed by atoms with van der Waals surface area (Å²) in [7, 11) is 0. The van der Waals surface area contributed by atoms with Crippen molar-refractivity contribution in [3.63, 3.8) is 0 Å². The number of nitrogens with zero attached hydrogens (tertiary/aromatic N) is 1. The zero-order valence-corrected chi connectivity index (χ0v) is 21.5. The smallest absolute Gasteiger partial charge is 0.243 e. The van der Waals surface area contributed by atoms with E-state index in [1.165, 1.54) is 11.1 Å². The predicted molar refractivity (Wildman–Crippen MR) is 136 cm³/mol. The van der Waals surface area contributed by atoms with Gasteiger partial charge in [-0.3, -0.25) is 9.59 Å². The molecule has 0 saturated heterocycles. The Morgan fingerprint density at radius 2 is 1.78 bits per heavy atom. The number of hydrogen-bond donors (Lipinski definition) is 1. The van der Waals surface area contributed by atoms with E-state index in [2.05, 4.69) is 24.4 Å². The van der Waals surface area contributed by atoms with Crippen LogP contribution in [-0.2, 0) is 21.9 Å². The standard InChI is InChI=1S/C25H32Cl2N2O2S/c1-5-18(4)28-25(31)23(6-2)29(14-19-11-12-21(26)13-22(19)27)24(30)16-32-15-20-10-8-7-9-17(20)3/h7-13,18,23H,5-6,14-16H2,1-4H3,(H,28,31)/t18-,23+/m0/s1. The van der Waals surface area contributed by atoms with E-state index in [9.17, 15) is 9.59 Å². The van der Waals surface area contributed by atoms with E-state index in [1.807, 2.05) is 39.0 Å². The minimum atomic E-state index is -0.567. The molecule has 1 N–H and O–H groups in total. The molecule has 0 bridgehead atoms. The average molecular weight is 496 g/mol. The number of carbonyl (C=O) groups excluding carboxylic acids is 2. The van der Waals surface area contributed by atoms with Crippen LogP contribution in [-0.4, -0.2) is 34.6 Å². The van der Waals surface area contributed by atoms with Gasteiger partial charge in [-0.15, -0.1) is 11.8 Å². The number of amides is 2. The van der Waals surface area contributed by atoms with Crippen LogP contribution in [0.25, 0.3) is 0 Å². The number of aryl methyl sites for hydroxylation is 1. The SMILES string of the molecule is CC[C@H](C(=O)N[C@@H](C)CC)N(Cc1ccc(Cl)cc1Cl)C(=O)CSCc1ccccc1C. The van der Waals surface area contributed by atoms with Crippen LogP contribution in [0.2, 0.25) is 10.0 Å². The molecule has 2 amide bonds. The highest BCUT2D eigenvalue weighted by Crippen LogP contribution is 2.25. The Hall–Kier alpha value is -1.69. The van der Waals surface area contributed by atoms with Crippen molar-refractivity contribution < 1.29 is 9.59 Å². The maximum Gasteiger partial charge on any atom is 0.243 e.